The van der Waals surface area contributed by atoms with Crippen LogP contribution in [0.4, 0.5) is 5.69 Å². The van der Waals surface area contributed by atoms with Crippen molar-refractivity contribution in [2.45, 2.75) is 18.8 Å². The van der Waals surface area contributed by atoms with Gasteiger partial charge in [0.25, 0.3) is 0 Å². The van der Waals surface area contributed by atoms with Gasteiger partial charge < -0.3 is 9.88 Å². The Labute approximate surface area is 116 Å². The number of imidazole rings is 1. The Hall–Kier alpha value is -2.61. The maximum atomic E-state index is 11.4. The largest absolute Gasteiger partial charge is 0.337 e. The molecule has 3 rings (SSSR count). The topological polar surface area (TPSA) is 70.7 Å². The van der Waals surface area contributed by atoms with E-state index < -0.39 is 5.92 Å². The number of nitrogens with zero attached hydrogens (tertiary/aromatic N) is 3. The molecule has 5 nitrogen and oxygen atoms in total. The molecule has 1 aliphatic rings. The van der Waals surface area contributed by atoms with Gasteiger partial charge in [-0.05, 0) is 23.6 Å². The fourth-order valence-electron chi connectivity index (χ4n) is 2.52. The standard InChI is InChI=1S/C15H14N4O/c1-19-7-6-17-15(19)12(9-16)10-2-4-13-11(8-10)3-5-14(20)18-13/h2,4,6-8,12H,3,5H2,1H3,(H,18,20). The van der Waals surface area contributed by atoms with E-state index in [-0.39, 0.29) is 5.91 Å². The number of fused-ring (bicyclic) bond motifs is 1. The third-order valence-corrected chi connectivity index (χ3v) is 3.60. The number of amides is 1. The van der Waals surface area contributed by atoms with Gasteiger partial charge in [-0.1, -0.05) is 12.1 Å². The molecule has 0 aliphatic carbocycles. The summed E-state index contributed by atoms with van der Waals surface area (Å²) in [6, 6.07) is 8.06. The van der Waals surface area contributed by atoms with E-state index in [0.717, 1.165) is 22.6 Å². The summed E-state index contributed by atoms with van der Waals surface area (Å²) in [7, 11) is 1.88. The van der Waals surface area contributed by atoms with Gasteiger partial charge in [0.15, 0.2) is 0 Å². The smallest absolute Gasteiger partial charge is 0.224 e. The third-order valence-electron chi connectivity index (χ3n) is 3.60. The van der Waals surface area contributed by atoms with Crippen LogP contribution >= 0.6 is 0 Å². The van der Waals surface area contributed by atoms with E-state index in [1.165, 1.54) is 0 Å². The fourth-order valence-corrected chi connectivity index (χ4v) is 2.52. The van der Waals surface area contributed by atoms with Crippen LogP contribution in [0.1, 0.15) is 29.3 Å². The number of nitriles is 1. The second-order valence-corrected chi connectivity index (χ2v) is 4.92. The number of rotatable bonds is 2. The summed E-state index contributed by atoms with van der Waals surface area (Å²) in [4.78, 5) is 15.6. The molecule has 0 saturated heterocycles. The summed E-state index contributed by atoms with van der Waals surface area (Å²) in [5.74, 6) is 0.386. The van der Waals surface area contributed by atoms with Crippen molar-refractivity contribution >= 4 is 11.6 Å². The predicted octanol–water partition coefficient (Wildman–Crippen LogP) is 1.96. The van der Waals surface area contributed by atoms with Crippen molar-refractivity contribution in [3.8, 4) is 6.07 Å². The molecular weight excluding hydrogens is 252 g/mol. The molecule has 20 heavy (non-hydrogen) atoms. The second-order valence-electron chi connectivity index (χ2n) is 4.92. The van der Waals surface area contributed by atoms with Crippen LogP contribution in [-0.4, -0.2) is 15.5 Å². The first-order valence-electron chi connectivity index (χ1n) is 6.48. The molecule has 0 saturated carbocycles. The van der Waals surface area contributed by atoms with Gasteiger partial charge in [-0.15, -0.1) is 0 Å². The Balaban J connectivity index is 2.00. The number of aryl methyl sites for hydroxylation is 2. The number of anilines is 1. The van der Waals surface area contributed by atoms with Crippen LogP contribution in [0.2, 0.25) is 0 Å². The lowest BCUT2D eigenvalue weighted by Gasteiger charge is -2.19. The quantitative estimate of drug-likeness (QED) is 0.903. The summed E-state index contributed by atoms with van der Waals surface area (Å²) in [6.45, 7) is 0. The van der Waals surface area contributed by atoms with E-state index in [1.54, 1.807) is 6.20 Å². The Morgan fingerprint density at radius 2 is 2.30 bits per heavy atom. The van der Waals surface area contributed by atoms with Gasteiger partial charge in [-0.2, -0.15) is 5.26 Å². The molecule has 100 valence electrons. The molecule has 1 aromatic carbocycles. The highest BCUT2D eigenvalue weighted by atomic mass is 16.1. The van der Waals surface area contributed by atoms with Crippen molar-refractivity contribution in [2.24, 2.45) is 7.05 Å². The number of carbonyl (C=O) groups is 1. The first-order chi connectivity index (χ1) is 9.69. The van der Waals surface area contributed by atoms with Gasteiger partial charge in [0.1, 0.15) is 11.7 Å². The summed E-state index contributed by atoms with van der Waals surface area (Å²) in [6.07, 6.45) is 4.74. The zero-order valence-corrected chi connectivity index (χ0v) is 11.1. The minimum atomic E-state index is -0.391. The van der Waals surface area contributed by atoms with Crippen LogP contribution in [0.5, 0.6) is 0 Å². The minimum Gasteiger partial charge on any atom is -0.337 e. The number of hydrogen-bond acceptors (Lipinski definition) is 3. The maximum absolute atomic E-state index is 11.4. The van der Waals surface area contributed by atoms with Crippen LogP contribution in [0.3, 0.4) is 0 Å². The molecule has 0 bridgehead atoms. The Morgan fingerprint density at radius 3 is 3.00 bits per heavy atom. The predicted molar refractivity (Wildman–Crippen MR) is 74.1 cm³/mol. The lowest BCUT2D eigenvalue weighted by atomic mass is 9.94. The Bertz CT molecular complexity index is 711. The molecule has 1 atom stereocenters. The molecular formula is C15H14N4O. The lowest BCUT2D eigenvalue weighted by Crippen LogP contribution is -2.19. The molecule has 1 aliphatic heterocycles. The van der Waals surface area contributed by atoms with Crippen LogP contribution < -0.4 is 5.32 Å². The van der Waals surface area contributed by atoms with Crippen molar-refractivity contribution in [1.82, 2.24) is 9.55 Å². The van der Waals surface area contributed by atoms with Crippen molar-refractivity contribution in [2.75, 3.05) is 5.32 Å². The van der Waals surface area contributed by atoms with Crippen LogP contribution in [-0.2, 0) is 18.3 Å². The van der Waals surface area contributed by atoms with Crippen molar-refractivity contribution < 1.29 is 4.79 Å². The Kier molecular flexibility index (Phi) is 2.99. The van der Waals surface area contributed by atoms with Gasteiger partial charge in [0.2, 0.25) is 5.91 Å². The zero-order valence-electron chi connectivity index (χ0n) is 11.1. The number of carbonyl (C=O) groups excluding carboxylic acids is 1. The average Bonchev–Trinajstić information content (AvgIpc) is 2.86. The Morgan fingerprint density at radius 1 is 1.45 bits per heavy atom. The molecule has 2 aromatic rings. The van der Waals surface area contributed by atoms with Gasteiger partial charge in [0, 0.05) is 31.5 Å². The van der Waals surface area contributed by atoms with E-state index in [1.807, 2.05) is 36.0 Å². The third kappa shape index (κ3) is 2.05. The van der Waals surface area contributed by atoms with E-state index in [4.69, 9.17) is 0 Å². The first-order valence-corrected chi connectivity index (χ1v) is 6.48. The number of hydrogen-bond donors (Lipinski definition) is 1. The number of nitrogens with one attached hydrogen (secondary N) is 1. The molecule has 1 N–H and O–H groups in total. The highest BCUT2D eigenvalue weighted by Crippen LogP contribution is 2.29. The molecule has 2 heterocycles. The molecule has 1 amide bonds. The zero-order chi connectivity index (χ0) is 14.1. The molecule has 0 radical (unpaired) electrons. The van der Waals surface area contributed by atoms with Crippen LogP contribution in [0.15, 0.2) is 30.6 Å². The SMILES string of the molecule is Cn1ccnc1C(C#N)c1ccc2c(c1)CCC(=O)N2. The molecule has 1 aromatic heterocycles. The van der Waals surface area contributed by atoms with Crippen LogP contribution in [0.25, 0.3) is 0 Å². The minimum absolute atomic E-state index is 0.0474. The number of benzene rings is 1. The van der Waals surface area contributed by atoms with Crippen molar-refractivity contribution in [3.05, 3.63) is 47.5 Å². The second kappa shape index (κ2) is 4.82. The van der Waals surface area contributed by atoms with E-state index in [0.29, 0.717) is 12.8 Å². The molecule has 0 spiro atoms. The first kappa shape index (κ1) is 12.4. The van der Waals surface area contributed by atoms with E-state index in [9.17, 15) is 10.1 Å². The fraction of sp³-hybridized carbons (Fsp3) is 0.267. The monoisotopic (exact) mass is 266 g/mol. The molecule has 5 heteroatoms. The molecule has 0 fully saturated rings. The van der Waals surface area contributed by atoms with Gasteiger partial charge in [-0.3, -0.25) is 4.79 Å². The maximum Gasteiger partial charge on any atom is 0.224 e. The highest BCUT2D eigenvalue weighted by molar-refractivity contribution is 5.93. The van der Waals surface area contributed by atoms with Gasteiger partial charge >= 0.3 is 0 Å². The normalized spacial score (nSPS) is 15.1. The van der Waals surface area contributed by atoms with E-state index >= 15 is 0 Å². The molecule has 1 unspecified atom stereocenters. The van der Waals surface area contributed by atoms with Crippen molar-refractivity contribution in [3.63, 3.8) is 0 Å². The van der Waals surface area contributed by atoms with Crippen molar-refractivity contribution in [1.29, 1.82) is 5.26 Å². The summed E-state index contributed by atoms with van der Waals surface area (Å²) in [5.41, 5.74) is 2.84. The lowest BCUT2D eigenvalue weighted by molar-refractivity contribution is -0.116. The summed E-state index contributed by atoms with van der Waals surface area (Å²) in [5, 5.41) is 12.3. The van der Waals surface area contributed by atoms with Gasteiger partial charge in [-0.25, -0.2) is 4.98 Å². The highest BCUT2D eigenvalue weighted by Gasteiger charge is 2.21. The number of aromatic nitrogens is 2. The van der Waals surface area contributed by atoms with Crippen LogP contribution in [0, 0.1) is 11.3 Å². The summed E-state index contributed by atoms with van der Waals surface area (Å²) < 4.78 is 1.86. The van der Waals surface area contributed by atoms with Gasteiger partial charge in [0.05, 0.1) is 6.07 Å². The summed E-state index contributed by atoms with van der Waals surface area (Å²) >= 11 is 0. The average molecular weight is 266 g/mol. The van der Waals surface area contributed by atoms with E-state index in [2.05, 4.69) is 16.4 Å².